The number of hydrogen-bond acceptors (Lipinski definition) is 7. The van der Waals surface area contributed by atoms with Crippen LogP contribution in [0, 0.1) is 5.41 Å². The summed E-state index contributed by atoms with van der Waals surface area (Å²) in [5.41, 5.74) is -0.915. The first-order valence-electron chi connectivity index (χ1n) is 6.91. The van der Waals surface area contributed by atoms with Gasteiger partial charge in [0.05, 0.1) is 26.4 Å². The van der Waals surface area contributed by atoms with Crippen molar-refractivity contribution in [2.24, 2.45) is 5.41 Å². The number of hydrogen-bond donors (Lipinski definition) is 1. The molecule has 23 heavy (non-hydrogen) atoms. The van der Waals surface area contributed by atoms with E-state index in [0.717, 1.165) is 18.2 Å². The van der Waals surface area contributed by atoms with Crippen molar-refractivity contribution in [3.8, 4) is 0 Å². The number of carbonyl (C=O) groups is 3. The van der Waals surface area contributed by atoms with Crippen molar-refractivity contribution in [3.05, 3.63) is 38.0 Å². The van der Waals surface area contributed by atoms with Crippen molar-refractivity contribution < 1.29 is 33.7 Å². The fourth-order valence-corrected chi connectivity index (χ4v) is 1.61. The van der Waals surface area contributed by atoms with Crippen molar-refractivity contribution in [2.45, 2.75) is 12.8 Å². The highest BCUT2D eigenvalue weighted by Crippen LogP contribution is 2.27. The van der Waals surface area contributed by atoms with Gasteiger partial charge in [-0.2, -0.15) is 0 Å². The van der Waals surface area contributed by atoms with E-state index in [4.69, 9.17) is 14.2 Å². The third-order valence-corrected chi connectivity index (χ3v) is 3.11. The Morgan fingerprint density at radius 3 is 1.57 bits per heavy atom. The van der Waals surface area contributed by atoms with Crippen LogP contribution in [0.4, 0.5) is 0 Å². The van der Waals surface area contributed by atoms with E-state index < -0.39 is 23.3 Å². The second kappa shape index (κ2) is 11.2. The van der Waals surface area contributed by atoms with Gasteiger partial charge < -0.3 is 19.3 Å². The average molecular weight is 326 g/mol. The Labute approximate surface area is 135 Å². The van der Waals surface area contributed by atoms with E-state index in [1.807, 2.05) is 0 Å². The Morgan fingerprint density at radius 2 is 1.22 bits per heavy atom. The van der Waals surface area contributed by atoms with Crippen LogP contribution in [-0.2, 0) is 28.6 Å². The lowest BCUT2D eigenvalue weighted by Crippen LogP contribution is -2.35. The monoisotopic (exact) mass is 326 g/mol. The van der Waals surface area contributed by atoms with E-state index in [9.17, 15) is 19.5 Å². The van der Waals surface area contributed by atoms with Crippen LogP contribution in [0.3, 0.4) is 0 Å². The first-order valence-corrected chi connectivity index (χ1v) is 6.91. The minimum atomic E-state index is -0.915. The van der Waals surface area contributed by atoms with Gasteiger partial charge in [-0.15, -0.1) is 0 Å². The first-order chi connectivity index (χ1) is 10.9. The van der Waals surface area contributed by atoms with Gasteiger partial charge in [-0.3, -0.25) is 0 Å². The SMILES string of the molecule is C=CC(=O)OCCC(CO)(CCOC(=O)C=C)COC(=O)C=C. The second-order valence-corrected chi connectivity index (χ2v) is 4.71. The Bertz CT molecular complexity index is 427. The highest BCUT2D eigenvalue weighted by Gasteiger charge is 2.31. The number of ether oxygens (including phenoxy) is 3. The number of aliphatic hydroxyl groups is 1. The summed E-state index contributed by atoms with van der Waals surface area (Å²) in [7, 11) is 0. The van der Waals surface area contributed by atoms with Gasteiger partial charge in [0.15, 0.2) is 0 Å². The van der Waals surface area contributed by atoms with Crippen LogP contribution >= 0.6 is 0 Å². The van der Waals surface area contributed by atoms with Gasteiger partial charge in [0.1, 0.15) is 0 Å². The van der Waals surface area contributed by atoms with Gasteiger partial charge in [0, 0.05) is 23.6 Å². The summed E-state index contributed by atoms with van der Waals surface area (Å²) >= 11 is 0. The fourth-order valence-electron chi connectivity index (χ4n) is 1.61. The van der Waals surface area contributed by atoms with Crippen LogP contribution < -0.4 is 0 Å². The molecule has 0 aliphatic rings. The molecule has 0 fully saturated rings. The fraction of sp³-hybridized carbons (Fsp3) is 0.438. The lowest BCUT2D eigenvalue weighted by atomic mass is 9.83. The van der Waals surface area contributed by atoms with Crippen molar-refractivity contribution in [2.75, 3.05) is 26.4 Å². The zero-order chi connectivity index (χ0) is 17.7. The minimum Gasteiger partial charge on any atom is -0.463 e. The standard InChI is InChI=1S/C16H22O7/c1-4-13(18)21-9-7-16(11-17,12-23-15(20)6-3)8-10-22-14(19)5-2/h4-6,17H,1-3,7-12H2. The van der Waals surface area contributed by atoms with Crippen LogP contribution in [0.25, 0.3) is 0 Å². The number of aliphatic hydroxyl groups excluding tert-OH is 1. The van der Waals surface area contributed by atoms with E-state index in [2.05, 4.69) is 19.7 Å². The highest BCUT2D eigenvalue weighted by atomic mass is 16.5. The molecule has 0 atom stereocenters. The van der Waals surface area contributed by atoms with E-state index in [0.29, 0.717) is 0 Å². The maximum atomic E-state index is 11.2. The van der Waals surface area contributed by atoms with E-state index >= 15 is 0 Å². The van der Waals surface area contributed by atoms with Gasteiger partial charge in [-0.05, 0) is 12.8 Å². The molecule has 0 spiro atoms. The largest absolute Gasteiger partial charge is 0.463 e. The van der Waals surface area contributed by atoms with Crippen LogP contribution in [-0.4, -0.2) is 49.4 Å². The minimum absolute atomic E-state index is 0.00748. The molecule has 0 heterocycles. The summed E-state index contributed by atoms with van der Waals surface area (Å²) in [6.07, 6.45) is 3.45. The summed E-state index contributed by atoms with van der Waals surface area (Å²) in [6, 6.07) is 0. The first kappa shape index (κ1) is 20.6. The molecular weight excluding hydrogens is 304 g/mol. The Kier molecular flexibility index (Phi) is 10.0. The van der Waals surface area contributed by atoms with Gasteiger partial charge in [0.25, 0.3) is 0 Å². The predicted octanol–water partition coefficient (Wildman–Crippen LogP) is 0.933. The molecule has 0 aromatic heterocycles. The quantitative estimate of drug-likeness (QED) is 0.323. The van der Waals surface area contributed by atoms with Gasteiger partial charge in [-0.1, -0.05) is 19.7 Å². The Hall–Kier alpha value is -2.41. The molecule has 0 aliphatic carbocycles. The number of carbonyl (C=O) groups excluding carboxylic acids is 3. The lowest BCUT2D eigenvalue weighted by molar-refractivity contribution is -0.148. The summed E-state index contributed by atoms with van der Waals surface area (Å²) in [4.78, 5) is 33.3. The molecule has 0 rings (SSSR count). The lowest BCUT2D eigenvalue weighted by Gasteiger charge is -2.30. The maximum absolute atomic E-state index is 11.2. The number of esters is 3. The zero-order valence-electron chi connectivity index (χ0n) is 13.0. The summed E-state index contributed by atoms with van der Waals surface area (Å²) in [6.45, 7) is 9.33. The molecule has 0 saturated carbocycles. The van der Waals surface area contributed by atoms with Crippen LogP contribution in [0.2, 0.25) is 0 Å². The predicted molar refractivity (Wildman–Crippen MR) is 82.2 cm³/mol. The van der Waals surface area contributed by atoms with Crippen molar-refractivity contribution in [1.82, 2.24) is 0 Å². The van der Waals surface area contributed by atoms with Crippen molar-refractivity contribution in [1.29, 1.82) is 0 Å². The normalized spacial score (nSPS) is 10.3. The molecule has 0 radical (unpaired) electrons. The topological polar surface area (TPSA) is 99.1 Å². The molecule has 7 nitrogen and oxygen atoms in total. The summed E-state index contributed by atoms with van der Waals surface area (Å²) in [5, 5.41) is 9.67. The van der Waals surface area contributed by atoms with Crippen molar-refractivity contribution >= 4 is 17.9 Å². The van der Waals surface area contributed by atoms with E-state index in [-0.39, 0.29) is 39.3 Å². The molecule has 1 N–H and O–H groups in total. The summed E-state index contributed by atoms with van der Waals surface area (Å²) < 4.78 is 14.7. The van der Waals surface area contributed by atoms with Crippen molar-refractivity contribution in [3.63, 3.8) is 0 Å². The van der Waals surface area contributed by atoms with Crippen LogP contribution in [0.1, 0.15) is 12.8 Å². The second-order valence-electron chi connectivity index (χ2n) is 4.71. The molecule has 0 aromatic carbocycles. The van der Waals surface area contributed by atoms with Gasteiger partial charge in [0.2, 0.25) is 0 Å². The third kappa shape index (κ3) is 8.57. The number of rotatable bonds is 12. The van der Waals surface area contributed by atoms with E-state index in [1.165, 1.54) is 0 Å². The third-order valence-electron chi connectivity index (χ3n) is 3.11. The van der Waals surface area contributed by atoms with Gasteiger partial charge in [-0.25, -0.2) is 14.4 Å². The van der Waals surface area contributed by atoms with Crippen LogP contribution in [0.15, 0.2) is 38.0 Å². The average Bonchev–Trinajstić information content (AvgIpc) is 2.58. The molecule has 0 aliphatic heterocycles. The Balaban J connectivity index is 4.74. The molecule has 7 heteroatoms. The maximum Gasteiger partial charge on any atom is 0.330 e. The molecule has 0 unspecified atom stereocenters. The zero-order valence-corrected chi connectivity index (χ0v) is 13.0. The van der Waals surface area contributed by atoms with Crippen LogP contribution in [0.5, 0.6) is 0 Å². The summed E-state index contributed by atoms with van der Waals surface area (Å²) in [5.74, 6) is -1.84. The molecule has 0 amide bonds. The molecule has 0 aromatic rings. The molecule has 0 bridgehead atoms. The van der Waals surface area contributed by atoms with E-state index in [1.54, 1.807) is 0 Å². The molecular formula is C16H22O7. The van der Waals surface area contributed by atoms with Gasteiger partial charge >= 0.3 is 17.9 Å². The highest BCUT2D eigenvalue weighted by molar-refractivity contribution is 5.81. The Morgan fingerprint density at radius 1 is 0.826 bits per heavy atom. The smallest absolute Gasteiger partial charge is 0.330 e. The molecule has 128 valence electrons. The molecule has 0 saturated heterocycles.